The predicted molar refractivity (Wildman–Crippen MR) is 109 cm³/mol. The standard InChI is InChI=1S/C20H24BrNO2S/c1-4-18(16-7-10-19(24-3)14(2)11-16)22-20(23)13-25-12-15-5-8-17(21)9-6-15/h5-11,18H,4,12-13H2,1-3H3,(H,22,23)/t18-/m1/s1. The highest BCUT2D eigenvalue weighted by molar-refractivity contribution is 9.10. The molecule has 0 heterocycles. The molecule has 2 aromatic rings. The number of methoxy groups -OCH3 is 1. The van der Waals surface area contributed by atoms with Crippen LogP contribution >= 0.6 is 27.7 Å². The van der Waals surface area contributed by atoms with E-state index in [0.29, 0.717) is 5.75 Å². The average molecular weight is 422 g/mol. The van der Waals surface area contributed by atoms with Crippen molar-refractivity contribution in [2.75, 3.05) is 12.9 Å². The maximum atomic E-state index is 12.3. The van der Waals surface area contributed by atoms with Crippen molar-refractivity contribution in [2.45, 2.75) is 32.1 Å². The number of carbonyl (C=O) groups excluding carboxylic acids is 1. The number of carbonyl (C=O) groups is 1. The van der Waals surface area contributed by atoms with Gasteiger partial charge in [-0.25, -0.2) is 0 Å². The number of amides is 1. The first-order chi connectivity index (χ1) is 12.0. The first kappa shape index (κ1) is 19.9. The molecule has 0 saturated heterocycles. The second-order valence-electron chi connectivity index (χ2n) is 5.88. The molecule has 0 bridgehead atoms. The van der Waals surface area contributed by atoms with Crippen LogP contribution in [0.3, 0.4) is 0 Å². The monoisotopic (exact) mass is 421 g/mol. The van der Waals surface area contributed by atoms with E-state index in [4.69, 9.17) is 4.74 Å². The Kier molecular flexibility index (Phi) is 7.85. The summed E-state index contributed by atoms with van der Waals surface area (Å²) in [5, 5.41) is 3.13. The molecule has 0 radical (unpaired) electrons. The van der Waals surface area contributed by atoms with Crippen molar-refractivity contribution >= 4 is 33.6 Å². The Hall–Kier alpha value is -1.46. The van der Waals surface area contributed by atoms with Gasteiger partial charge in [0, 0.05) is 10.2 Å². The third-order valence-electron chi connectivity index (χ3n) is 3.98. The number of halogens is 1. The van der Waals surface area contributed by atoms with Crippen LogP contribution in [0.15, 0.2) is 46.9 Å². The van der Waals surface area contributed by atoms with E-state index in [9.17, 15) is 4.79 Å². The van der Waals surface area contributed by atoms with Gasteiger partial charge >= 0.3 is 0 Å². The highest BCUT2D eigenvalue weighted by Crippen LogP contribution is 2.24. The van der Waals surface area contributed by atoms with Crippen molar-refractivity contribution in [1.82, 2.24) is 5.32 Å². The summed E-state index contributed by atoms with van der Waals surface area (Å²) >= 11 is 5.06. The number of thioether (sulfide) groups is 1. The number of rotatable bonds is 8. The van der Waals surface area contributed by atoms with Crippen LogP contribution in [-0.2, 0) is 10.5 Å². The fourth-order valence-electron chi connectivity index (χ4n) is 2.62. The van der Waals surface area contributed by atoms with E-state index < -0.39 is 0 Å². The lowest BCUT2D eigenvalue weighted by molar-refractivity contribution is -0.119. The van der Waals surface area contributed by atoms with E-state index in [1.165, 1.54) is 5.56 Å². The Labute approximate surface area is 162 Å². The van der Waals surface area contributed by atoms with Gasteiger partial charge in [-0.2, -0.15) is 0 Å². The third kappa shape index (κ3) is 6.08. The Morgan fingerprint density at radius 1 is 1.24 bits per heavy atom. The number of hydrogen-bond donors (Lipinski definition) is 1. The van der Waals surface area contributed by atoms with Gasteiger partial charge in [0.1, 0.15) is 5.75 Å². The molecule has 0 fully saturated rings. The molecule has 5 heteroatoms. The van der Waals surface area contributed by atoms with Gasteiger partial charge < -0.3 is 10.1 Å². The molecule has 25 heavy (non-hydrogen) atoms. The van der Waals surface area contributed by atoms with Crippen LogP contribution in [0, 0.1) is 6.92 Å². The van der Waals surface area contributed by atoms with Crippen LogP contribution in [0.4, 0.5) is 0 Å². The van der Waals surface area contributed by atoms with Gasteiger partial charge in [-0.1, -0.05) is 47.1 Å². The van der Waals surface area contributed by atoms with Crippen LogP contribution < -0.4 is 10.1 Å². The van der Waals surface area contributed by atoms with Gasteiger partial charge in [-0.15, -0.1) is 11.8 Å². The summed E-state index contributed by atoms with van der Waals surface area (Å²) in [4.78, 5) is 12.3. The Balaban J connectivity index is 1.86. The highest BCUT2D eigenvalue weighted by Gasteiger charge is 2.14. The molecule has 2 rings (SSSR count). The van der Waals surface area contributed by atoms with Crippen molar-refractivity contribution in [3.05, 3.63) is 63.6 Å². The minimum atomic E-state index is 0.0328. The van der Waals surface area contributed by atoms with Gasteiger partial charge in [0.05, 0.1) is 18.9 Å². The molecule has 0 saturated carbocycles. The van der Waals surface area contributed by atoms with Gasteiger partial charge in [0.15, 0.2) is 0 Å². The van der Waals surface area contributed by atoms with Gasteiger partial charge in [0.2, 0.25) is 5.91 Å². The van der Waals surface area contributed by atoms with Gasteiger partial charge in [-0.05, 0) is 48.2 Å². The summed E-state index contributed by atoms with van der Waals surface area (Å²) in [5.41, 5.74) is 3.42. The summed E-state index contributed by atoms with van der Waals surface area (Å²) in [6.45, 7) is 4.10. The van der Waals surface area contributed by atoms with Crippen molar-refractivity contribution in [1.29, 1.82) is 0 Å². The molecule has 0 unspecified atom stereocenters. The average Bonchev–Trinajstić information content (AvgIpc) is 2.61. The van der Waals surface area contributed by atoms with Crippen LogP contribution in [-0.4, -0.2) is 18.8 Å². The summed E-state index contributed by atoms with van der Waals surface area (Å²) in [7, 11) is 1.67. The SMILES string of the molecule is CC[C@@H](NC(=O)CSCc1ccc(Br)cc1)c1ccc(OC)c(C)c1. The number of ether oxygens (including phenoxy) is 1. The zero-order chi connectivity index (χ0) is 18.2. The van der Waals surface area contributed by atoms with Crippen molar-refractivity contribution < 1.29 is 9.53 Å². The quantitative estimate of drug-likeness (QED) is 0.630. The molecule has 0 aliphatic heterocycles. The van der Waals surface area contributed by atoms with Crippen molar-refractivity contribution in [3.8, 4) is 5.75 Å². The summed E-state index contributed by atoms with van der Waals surface area (Å²) in [6, 6.07) is 14.3. The second kappa shape index (κ2) is 9.88. The predicted octanol–water partition coefficient (Wildman–Crippen LogP) is 5.27. The molecule has 1 amide bonds. The smallest absolute Gasteiger partial charge is 0.230 e. The topological polar surface area (TPSA) is 38.3 Å². The molecule has 3 nitrogen and oxygen atoms in total. The van der Waals surface area contributed by atoms with Crippen molar-refractivity contribution in [2.24, 2.45) is 0 Å². The minimum absolute atomic E-state index is 0.0328. The molecule has 1 N–H and O–H groups in total. The lowest BCUT2D eigenvalue weighted by Crippen LogP contribution is -2.29. The maximum Gasteiger partial charge on any atom is 0.230 e. The van der Waals surface area contributed by atoms with E-state index in [1.807, 2.05) is 31.2 Å². The molecule has 0 aliphatic rings. The normalized spacial score (nSPS) is 11.8. The Morgan fingerprint density at radius 3 is 2.56 bits per heavy atom. The third-order valence-corrected chi connectivity index (χ3v) is 5.51. The number of benzene rings is 2. The zero-order valence-electron chi connectivity index (χ0n) is 14.8. The molecule has 134 valence electrons. The summed E-state index contributed by atoms with van der Waals surface area (Å²) in [6.07, 6.45) is 0.856. The van der Waals surface area contributed by atoms with E-state index in [0.717, 1.165) is 33.5 Å². The van der Waals surface area contributed by atoms with E-state index in [1.54, 1.807) is 18.9 Å². The maximum absolute atomic E-state index is 12.3. The van der Waals surface area contributed by atoms with Crippen LogP contribution in [0.5, 0.6) is 5.75 Å². The minimum Gasteiger partial charge on any atom is -0.496 e. The molecular weight excluding hydrogens is 398 g/mol. The Morgan fingerprint density at radius 2 is 1.96 bits per heavy atom. The molecule has 2 aromatic carbocycles. The number of hydrogen-bond acceptors (Lipinski definition) is 3. The molecule has 0 aromatic heterocycles. The highest BCUT2D eigenvalue weighted by atomic mass is 79.9. The lowest BCUT2D eigenvalue weighted by Gasteiger charge is -2.19. The van der Waals surface area contributed by atoms with Crippen molar-refractivity contribution in [3.63, 3.8) is 0 Å². The van der Waals surface area contributed by atoms with E-state index in [2.05, 4.69) is 46.4 Å². The first-order valence-corrected chi connectivity index (χ1v) is 10.2. The summed E-state index contributed by atoms with van der Waals surface area (Å²) in [5.74, 6) is 2.23. The van der Waals surface area contributed by atoms with Crippen LogP contribution in [0.25, 0.3) is 0 Å². The second-order valence-corrected chi connectivity index (χ2v) is 7.78. The van der Waals surface area contributed by atoms with Crippen LogP contribution in [0.1, 0.15) is 36.1 Å². The number of aryl methyl sites for hydroxylation is 1. The molecule has 0 spiro atoms. The fourth-order valence-corrected chi connectivity index (χ4v) is 3.68. The molecule has 1 atom stereocenters. The van der Waals surface area contributed by atoms with Gasteiger partial charge in [-0.3, -0.25) is 4.79 Å². The van der Waals surface area contributed by atoms with Crippen LogP contribution in [0.2, 0.25) is 0 Å². The van der Waals surface area contributed by atoms with E-state index >= 15 is 0 Å². The largest absolute Gasteiger partial charge is 0.496 e. The number of nitrogens with one attached hydrogen (secondary N) is 1. The molecule has 0 aliphatic carbocycles. The lowest BCUT2D eigenvalue weighted by atomic mass is 10.0. The summed E-state index contributed by atoms with van der Waals surface area (Å²) < 4.78 is 6.37. The first-order valence-electron chi connectivity index (χ1n) is 8.29. The Bertz CT molecular complexity index is 703. The molecular formula is C20H24BrNO2S. The van der Waals surface area contributed by atoms with E-state index in [-0.39, 0.29) is 11.9 Å². The fraction of sp³-hybridized carbons (Fsp3) is 0.350. The zero-order valence-corrected chi connectivity index (χ0v) is 17.2. The van der Waals surface area contributed by atoms with Gasteiger partial charge in [0.25, 0.3) is 0 Å².